The van der Waals surface area contributed by atoms with Crippen LogP contribution in [0, 0.1) is 0 Å². The second kappa shape index (κ2) is 15.3. The molecule has 6 heteroatoms. The third-order valence-electron chi connectivity index (χ3n) is 7.86. The molecule has 214 valence electrons. The van der Waals surface area contributed by atoms with E-state index in [4.69, 9.17) is 0 Å². The maximum absolute atomic E-state index is 3.72. The Bertz CT molecular complexity index is 1400. The number of fused-ring (bicyclic) bond motifs is 2. The van der Waals surface area contributed by atoms with E-state index in [-0.39, 0.29) is 0 Å². The van der Waals surface area contributed by atoms with Crippen LogP contribution in [-0.2, 0) is 12.8 Å². The maximum Gasteiger partial charge on any atom is 0.0705 e. The molecule has 0 spiro atoms. The number of hydrogen-bond donors (Lipinski definition) is 0. The Morgan fingerprint density at radius 2 is 0.900 bits per heavy atom. The Hall–Kier alpha value is -0.500. The van der Waals surface area contributed by atoms with Crippen LogP contribution in [0.4, 0.5) is 0 Å². The first-order valence-corrected chi connectivity index (χ1v) is 20.0. The minimum absolute atomic E-state index is 1.18. The van der Waals surface area contributed by atoms with Crippen molar-refractivity contribution in [2.75, 3.05) is 0 Å². The summed E-state index contributed by atoms with van der Waals surface area (Å²) in [7, 11) is 0. The van der Waals surface area contributed by atoms with Gasteiger partial charge >= 0.3 is 0 Å². The summed E-state index contributed by atoms with van der Waals surface area (Å²) >= 11 is 15.2. The number of unbranched alkanes of at least 4 members (excludes halogenated alkanes) is 10. The summed E-state index contributed by atoms with van der Waals surface area (Å²) in [6, 6.07) is 14.2. The maximum atomic E-state index is 3.72. The highest BCUT2D eigenvalue weighted by atomic mass is 79.9. The highest BCUT2D eigenvalue weighted by Crippen LogP contribution is 2.48. The van der Waals surface area contributed by atoms with Gasteiger partial charge in [-0.25, -0.2) is 0 Å². The van der Waals surface area contributed by atoms with E-state index in [2.05, 4.69) is 82.1 Å². The minimum atomic E-state index is 1.18. The molecule has 0 N–H and O–H groups in total. The van der Waals surface area contributed by atoms with Crippen LogP contribution in [0.15, 0.2) is 44.0 Å². The van der Waals surface area contributed by atoms with Crippen molar-refractivity contribution in [3.63, 3.8) is 0 Å². The summed E-state index contributed by atoms with van der Waals surface area (Å²) in [5.74, 6) is 0. The van der Waals surface area contributed by atoms with Crippen molar-refractivity contribution in [1.82, 2.24) is 0 Å². The lowest BCUT2D eigenvalue weighted by Gasteiger charge is -2.06. The van der Waals surface area contributed by atoms with Crippen LogP contribution >= 0.6 is 77.2 Å². The van der Waals surface area contributed by atoms with Crippen LogP contribution < -0.4 is 0 Å². The van der Waals surface area contributed by atoms with Crippen LogP contribution in [0.3, 0.4) is 0 Å². The quantitative estimate of drug-likeness (QED) is 0.0885. The molecule has 0 bridgehead atoms. The van der Waals surface area contributed by atoms with E-state index in [0.717, 1.165) is 0 Å². The number of hydrogen-bond acceptors (Lipinski definition) is 4. The predicted octanol–water partition coefficient (Wildman–Crippen LogP) is 14.9. The van der Waals surface area contributed by atoms with Crippen LogP contribution in [0.5, 0.6) is 0 Å². The van der Waals surface area contributed by atoms with Gasteiger partial charge < -0.3 is 0 Å². The molecular formula is C34H40Br2S4. The second-order valence-corrected chi connectivity index (χ2v) is 17.9. The van der Waals surface area contributed by atoms with Crippen molar-refractivity contribution < 1.29 is 0 Å². The topological polar surface area (TPSA) is 0 Å². The second-order valence-electron chi connectivity index (χ2n) is 10.9. The van der Waals surface area contributed by atoms with E-state index in [0.29, 0.717) is 0 Å². The number of benzene rings is 1. The van der Waals surface area contributed by atoms with Crippen molar-refractivity contribution >= 4 is 97.4 Å². The van der Waals surface area contributed by atoms with Gasteiger partial charge in [0, 0.05) is 28.9 Å². The van der Waals surface area contributed by atoms with Crippen molar-refractivity contribution in [2.45, 2.75) is 104 Å². The van der Waals surface area contributed by atoms with Crippen LogP contribution in [0.25, 0.3) is 39.7 Å². The zero-order chi connectivity index (χ0) is 27.9. The lowest BCUT2D eigenvalue weighted by atomic mass is 9.99. The van der Waals surface area contributed by atoms with Gasteiger partial charge in [0.25, 0.3) is 0 Å². The van der Waals surface area contributed by atoms with Crippen LogP contribution in [0.1, 0.15) is 102 Å². The molecular weight excluding hydrogens is 696 g/mol. The zero-order valence-corrected chi connectivity index (χ0v) is 30.2. The SMILES string of the molecule is CCCCCCCCc1c(-c2ccc(Br)s2)sc2cc3c(CCCCCCCC)c(-c4ccc(Br)s4)sc3cc12. The molecule has 0 amide bonds. The van der Waals surface area contributed by atoms with Gasteiger partial charge in [-0.1, -0.05) is 78.1 Å². The molecule has 4 aromatic heterocycles. The van der Waals surface area contributed by atoms with Crippen molar-refractivity contribution in [1.29, 1.82) is 0 Å². The molecule has 0 unspecified atom stereocenters. The van der Waals surface area contributed by atoms with Crippen molar-refractivity contribution in [3.8, 4) is 19.5 Å². The fraction of sp³-hybridized carbons (Fsp3) is 0.471. The number of aryl methyl sites for hydroxylation is 2. The average Bonchev–Trinajstić information content (AvgIpc) is 3.72. The van der Waals surface area contributed by atoms with Gasteiger partial charge in [-0.3, -0.25) is 0 Å². The van der Waals surface area contributed by atoms with Crippen LogP contribution in [-0.4, -0.2) is 0 Å². The Balaban J connectivity index is 1.51. The number of halogens is 2. The molecule has 0 nitrogen and oxygen atoms in total. The highest BCUT2D eigenvalue weighted by Gasteiger charge is 2.20. The molecule has 0 radical (unpaired) electrons. The first kappa shape index (κ1) is 30.9. The lowest BCUT2D eigenvalue weighted by molar-refractivity contribution is 0.608. The molecule has 0 saturated carbocycles. The molecule has 4 heterocycles. The lowest BCUT2D eigenvalue weighted by Crippen LogP contribution is -1.88. The van der Waals surface area contributed by atoms with E-state index in [1.165, 1.54) is 137 Å². The summed E-state index contributed by atoms with van der Waals surface area (Å²) in [6.07, 6.45) is 18.5. The third-order valence-corrected chi connectivity index (χ3v) is 13.9. The van der Waals surface area contributed by atoms with E-state index in [1.54, 1.807) is 11.1 Å². The first-order chi connectivity index (χ1) is 19.6. The summed E-state index contributed by atoms with van der Waals surface area (Å²) in [5, 5.41) is 2.99. The van der Waals surface area contributed by atoms with Gasteiger partial charge in [0.2, 0.25) is 0 Å². The molecule has 0 atom stereocenters. The Kier molecular flexibility index (Phi) is 11.8. The molecule has 0 fully saturated rings. The summed E-state index contributed by atoms with van der Waals surface area (Å²) < 4.78 is 5.38. The standard InChI is InChI=1S/C34H40Br2S4/c1-3-5-7-9-11-13-15-23-25-21-30-26(22-29(25)39-33(23)27-17-19-31(35)37-27)24(16-14-12-10-8-6-4-2)34(40-30)28-18-20-32(36)38-28/h17-22H,3-16H2,1-2H3. The van der Waals surface area contributed by atoms with E-state index in [1.807, 2.05) is 45.3 Å². The third kappa shape index (κ3) is 7.52. The molecule has 40 heavy (non-hydrogen) atoms. The highest BCUT2D eigenvalue weighted by molar-refractivity contribution is 9.11. The number of thiophene rings is 4. The van der Waals surface area contributed by atoms with Crippen molar-refractivity contribution in [2.24, 2.45) is 0 Å². The molecule has 5 rings (SSSR count). The largest absolute Gasteiger partial charge is 0.134 e. The van der Waals surface area contributed by atoms with Gasteiger partial charge in [-0.15, -0.1) is 45.3 Å². The normalized spacial score (nSPS) is 11.9. The zero-order valence-electron chi connectivity index (χ0n) is 23.8. The van der Waals surface area contributed by atoms with Gasteiger partial charge in [0.15, 0.2) is 0 Å². The Morgan fingerprint density at radius 3 is 1.27 bits per heavy atom. The average molecular weight is 737 g/mol. The first-order valence-electron chi connectivity index (χ1n) is 15.1. The van der Waals surface area contributed by atoms with Gasteiger partial charge in [-0.05, 0) is 116 Å². The molecule has 5 aromatic rings. The van der Waals surface area contributed by atoms with E-state index >= 15 is 0 Å². The molecule has 1 aromatic carbocycles. The van der Waals surface area contributed by atoms with Crippen molar-refractivity contribution in [3.05, 3.63) is 55.1 Å². The van der Waals surface area contributed by atoms with Gasteiger partial charge in [-0.2, -0.15) is 0 Å². The molecule has 0 aliphatic heterocycles. The Morgan fingerprint density at radius 1 is 0.500 bits per heavy atom. The monoisotopic (exact) mass is 734 g/mol. The molecule has 0 aliphatic rings. The fourth-order valence-electron chi connectivity index (χ4n) is 5.72. The van der Waals surface area contributed by atoms with E-state index in [9.17, 15) is 0 Å². The van der Waals surface area contributed by atoms with Gasteiger partial charge in [0.05, 0.1) is 7.57 Å². The predicted molar refractivity (Wildman–Crippen MR) is 193 cm³/mol. The van der Waals surface area contributed by atoms with E-state index < -0.39 is 0 Å². The van der Waals surface area contributed by atoms with Gasteiger partial charge in [0.1, 0.15) is 0 Å². The summed E-state index contributed by atoms with van der Waals surface area (Å²) in [6.45, 7) is 4.60. The molecule has 0 saturated heterocycles. The summed E-state index contributed by atoms with van der Waals surface area (Å²) in [5.41, 5.74) is 3.16. The minimum Gasteiger partial charge on any atom is -0.134 e. The van der Waals surface area contributed by atoms with Crippen LogP contribution in [0.2, 0.25) is 0 Å². The summed E-state index contributed by atoms with van der Waals surface area (Å²) in [4.78, 5) is 5.82. The fourth-order valence-corrected chi connectivity index (χ4v) is 11.3. The Labute approximate surface area is 273 Å². The number of rotatable bonds is 16. The molecule has 0 aliphatic carbocycles. The smallest absolute Gasteiger partial charge is 0.0705 e.